The minimum atomic E-state index is -3.77. The van der Waals surface area contributed by atoms with Gasteiger partial charge in [0.2, 0.25) is 10.0 Å². The Bertz CT molecular complexity index is 781. The Hall–Kier alpha value is -2.12. The van der Waals surface area contributed by atoms with Gasteiger partial charge in [0, 0.05) is 26.3 Å². The molecule has 0 saturated heterocycles. The molecule has 1 heterocycles. The van der Waals surface area contributed by atoms with Crippen LogP contribution >= 0.6 is 0 Å². The third-order valence-electron chi connectivity index (χ3n) is 3.70. The van der Waals surface area contributed by atoms with E-state index in [2.05, 4.69) is 0 Å². The van der Waals surface area contributed by atoms with Gasteiger partial charge >= 0.3 is 5.97 Å². The molecular formula is C15H18N2O4S. The third kappa shape index (κ3) is 2.90. The smallest absolute Gasteiger partial charge is 0.352 e. The summed E-state index contributed by atoms with van der Waals surface area (Å²) >= 11 is 0. The lowest BCUT2D eigenvalue weighted by Gasteiger charge is -2.24. The first-order valence-electron chi connectivity index (χ1n) is 6.67. The van der Waals surface area contributed by atoms with Gasteiger partial charge in [-0.3, -0.25) is 0 Å². The van der Waals surface area contributed by atoms with Crippen LogP contribution in [0.2, 0.25) is 0 Å². The minimum absolute atomic E-state index is 0.0299. The molecule has 1 N–H and O–H groups in total. The van der Waals surface area contributed by atoms with Gasteiger partial charge in [-0.15, -0.1) is 0 Å². The highest BCUT2D eigenvalue weighted by Gasteiger charge is 2.28. The molecule has 0 amide bonds. The van der Waals surface area contributed by atoms with Crippen LogP contribution in [0.3, 0.4) is 0 Å². The largest absolute Gasteiger partial charge is 0.477 e. The number of carboxylic acids is 1. The van der Waals surface area contributed by atoms with E-state index in [4.69, 9.17) is 5.11 Å². The number of aromatic carboxylic acids is 1. The van der Waals surface area contributed by atoms with Crippen LogP contribution in [-0.2, 0) is 17.1 Å². The lowest BCUT2D eigenvalue weighted by molar-refractivity contribution is 0.0686. The van der Waals surface area contributed by atoms with Crippen LogP contribution in [0.15, 0.2) is 47.5 Å². The zero-order valence-corrected chi connectivity index (χ0v) is 13.4. The van der Waals surface area contributed by atoms with E-state index in [1.807, 2.05) is 30.3 Å². The lowest BCUT2D eigenvalue weighted by atomic mass is 10.1. The van der Waals surface area contributed by atoms with Crippen molar-refractivity contribution in [1.29, 1.82) is 0 Å². The molecule has 1 aromatic carbocycles. The molecule has 6 nitrogen and oxygen atoms in total. The van der Waals surface area contributed by atoms with Gasteiger partial charge in [-0.05, 0) is 18.6 Å². The van der Waals surface area contributed by atoms with Crippen LogP contribution in [0.4, 0.5) is 0 Å². The highest BCUT2D eigenvalue weighted by Crippen LogP contribution is 2.26. The van der Waals surface area contributed by atoms with Crippen molar-refractivity contribution in [3.8, 4) is 0 Å². The van der Waals surface area contributed by atoms with Gasteiger partial charge in [0.05, 0.1) is 0 Å². The molecule has 1 atom stereocenters. The summed E-state index contributed by atoms with van der Waals surface area (Å²) in [4.78, 5) is 11.0. The highest BCUT2D eigenvalue weighted by molar-refractivity contribution is 7.89. The summed E-state index contributed by atoms with van der Waals surface area (Å²) in [5.41, 5.74) is 0.794. The summed E-state index contributed by atoms with van der Waals surface area (Å²) in [5, 5.41) is 9.04. The first-order chi connectivity index (χ1) is 10.2. The molecule has 0 bridgehead atoms. The minimum Gasteiger partial charge on any atom is -0.477 e. The molecule has 1 unspecified atom stereocenters. The monoisotopic (exact) mass is 322 g/mol. The molecule has 0 aliphatic heterocycles. The van der Waals surface area contributed by atoms with Crippen molar-refractivity contribution in [2.75, 3.05) is 7.05 Å². The van der Waals surface area contributed by atoms with Crippen molar-refractivity contribution >= 4 is 16.0 Å². The standard InChI is InChI=1S/C15H18N2O4S/c1-11(12-7-5-4-6-8-12)17(3)22(20,21)13-9-14(15(18)19)16(2)10-13/h4-11H,1-3H3,(H,18,19). The Morgan fingerprint density at radius 1 is 1.27 bits per heavy atom. The van der Waals surface area contributed by atoms with E-state index in [0.717, 1.165) is 5.56 Å². The van der Waals surface area contributed by atoms with E-state index in [1.54, 1.807) is 6.92 Å². The summed E-state index contributed by atoms with van der Waals surface area (Å²) in [6.45, 7) is 1.79. The zero-order valence-electron chi connectivity index (χ0n) is 12.6. The molecule has 22 heavy (non-hydrogen) atoms. The molecule has 7 heteroatoms. The van der Waals surface area contributed by atoms with Crippen molar-refractivity contribution in [3.05, 3.63) is 53.9 Å². The number of nitrogens with zero attached hydrogens (tertiary/aromatic N) is 2. The Balaban J connectivity index is 2.38. The molecule has 0 radical (unpaired) electrons. The maximum absolute atomic E-state index is 12.7. The second-order valence-electron chi connectivity index (χ2n) is 5.09. The van der Waals surface area contributed by atoms with Gasteiger partial charge in [0.1, 0.15) is 10.6 Å². The molecule has 0 aliphatic carbocycles. The highest BCUT2D eigenvalue weighted by atomic mass is 32.2. The number of rotatable bonds is 5. The van der Waals surface area contributed by atoms with Gasteiger partial charge < -0.3 is 9.67 Å². The maximum atomic E-state index is 12.7. The SMILES string of the molecule is CC(c1ccccc1)N(C)S(=O)(=O)c1cc(C(=O)O)n(C)c1. The maximum Gasteiger partial charge on any atom is 0.352 e. The summed E-state index contributed by atoms with van der Waals surface area (Å²) in [7, 11) is -0.783. The van der Waals surface area contributed by atoms with E-state index in [1.165, 1.54) is 35.2 Å². The topological polar surface area (TPSA) is 79.6 Å². The number of aromatic nitrogens is 1. The number of hydrogen-bond acceptors (Lipinski definition) is 3. The van der Waals surface area contributed by atoms with Crippen LogP contribution < -0.4 is 0 Å². The Morgan fingerprint density at radius 2 is 1.86 bits per heavy atom. The Labute approximate surface area is 129 Å². The lowest BCUT2D eigenvalue weighted by Crippen LogP contribution is -2.29. The second-order valence-corrected chi connectivity index (χ2v) is 7.08. The number of sulfonamides is 1. The molecule has 0 fully saturated rings. The van der Waals surface area contributed by atoms with E-state index in [-0.39, 0.29) is 16.6 Å². The van der Waals surface area contributed by atoms with Gasteiger partial charge in [0.15, 0.2) is 0 Å². The van der Waals surface area contributed by atoms with Crippen molar-refractivity contribution in [3.63, 3.8) is 0 Å². The first-order valence-corrected chi connectivity index (χ1v) is 8.11. The van der Waals surface area contributed by atoms with E-state index in [0.29, 0.717) is 0 Å². The molecular weight excluding hydrogens is 304 g/mol. The normalized spacial score (nSPS) is 13.3. The van der Waals surface area contributed by atoms with E-state index < -0.39 is 16.0 Å². The van der Waals surface area contributed by atoms with Crippen LogP contribution in [-0.4, -0.2) is 35.4 Å². The second kappa shape index (κ2) is 5.94. The predicted molar refractivity (Wildman–Crippen MR) is 82.2 cm³/mol. The van der Waals surface area contributed by atoms with Gasteiger partial charge in [0.25, 0.3) is 0 Å². The summed E-state index contributed by atoms with van der Waals surface area (Å²) < 4.78 is 27.8. The Kier molecular flexibility index (Phi) is 4.39. The number of carboxylic acid groups (broad SMARTS) is 1. The summed E-state index contributed by atoms with van der Waals surface area (Å²) in [6, 6.07) is 10.1. The van der Waals surface area contributed by atoms with Crippen LogP contribution in [0, 0.1) is 0 Å². The summed E-state index contributed by atoms with van der Waals surface area (Å²) in [6.07, 6.45) is 1.31. The first kappa shape index (κ1) is 16.3. The quantitative estimate of drug-likeness (QED) is 0.914. The number of carbonyl (C=O) groups is 1. The van der Waals surface area contributed by atoms with Gasteiger partial charge in [-0.25, -0.2) is 13.2 Å². The number of aryl methyl sites for hydroxylation is 1. The predicted octanol–water partition coefficient (Wildman–Crippen LogP) is 2.10. The molecule has 2 aromatic rings. The van der Waals surface area contributed by atoms with E-state index in [9.17, 15) is 13.2 Å². The van der Waals surface area contributed by atoms with Crippen LogP contribution in [0.25, 0.3) is 0 Å². The number of hydrogen-bond donors (Lipinski definition) is 1. The third-order valence-corrected chi connectivity index (χ3v) is 5.60. The van der Waals surface area contributed by atoms with E-state index >= 15 is 0 Å². The van der Waals surface area contributed by atoms with Gasteiger partial charge in [-0.2, -0.15) is 4.31 Å². The molecule has 2 rings (SSSR count). The van der Waals surface area contributed by atoms with Crippen molar-refractivity contribution in [2.24, 2.45) is 7.05 Å². The average Bonchev–Trinajstić information content (AvgIpc) is 2.89. The zero-order chi connectivity index (χ0) is 16.5. The average molecular weight is 322 g/mol. The van der Waals surface area contributed by atoms with Crippen LogP contribution in [0.1, 0.15) is 29.0 Å². The fourth-order valence-electron chi connectivity index (χ4n) is 2.20. The molecule has 1 aromatic heterocycles. The van der Waals surface area contributed by atoms with Crippen molar-refractivity contribution in [2.45, 2.75) is 17.9 Å². The molecule has 118 valence electrons. The molecule has 0 aliphatic rings. The van der Waals surface area contributed by atoms with Crippen molar-refractivity contribution < 1.29 is 18.3 Å². The fraction of sp³-hybridized carbons (Fsp3) is 0.267. The fourth-order valence-corrected chi connectivity index (χ4v) is 3.63. The number of benzene rings is 1. The van der Waals surface area contributed by atoms with Crippen molar-refractivity contribution in [1.82, 2.24) is 8.87 Å². The summed E-state index contributed by atoms with van der Waals surface area (Å²) in [5.74, 6) is -1.16. The Morgan fingerprint density at radius 3 is 2.36 bits per heavy atom. The molecule has 0 saturated carbocycles. The van der Waals surface area contributed by atoms with Crippen LogP contribution in [0.5, 0.6) is 0 Å². The van der Waals surface area contributed by atoms with Gasteiger partial charge in [-0.1, -0.05) is 30.3 Å². The molecule has 0 spiro atoms.